The lowest BCUT2D eigenvalue weighted by Gasteiger charge is -2.27. The van der Waals surface area contributed by atoms with Crippen LogP contribution in [0.25, 0.3) is 0 Å². The number of nitrogens with zero attached hydrogens (tertiary/aromatic N) is 1. The van der Waals surface area contributed by atoms with Crippen molar-refractivity contribution >= 4 is 11.4 Å². The van der Waals surface area contributed by atoms with E-state index in [4.69, 9.17) is 5.41 Å². The lowest BCUT2D eigenvalue weighted by atomic mass is 9.83. The fourth-order valence-corrected chi connectivity index (χ4v) is 2.94. The fourth-order valence-electron chi connectivity index (χ4n) is 2.94. The van der Waals surface area contributed by atoms with Crippen molar-refractivity contribution in [2.24, 2.45) is 0 Å². The molecule has 4 nitrogen and oxygen atoms in total. The molecule has 0 saturated carbocycles. The molecule has 0 spiro atoms. The third kappa shape index (κ3) is 2.02. The van der Waals surface area contributed by atoms with Crippen LogP contribution in [0.15, 0.2) is 43.1 Å². The minimum absolute atomic E-state index is 0.238. The number of pyridine rings is 1. The molecule has 0 radical (unpaired) electrons. The number of fused-ring (bicyclic) bond motifs is 1. The monoisotopic (exact) mass is 296 g/mol. The number of nitrogens with one attached hydrogen (secondary N) is 3. The van der Waals surface area contributed by atoms with E-state index in [0.29, 0.717) is 11.3 Å². The summed E-state index contributed by atoms with van der Waals surface area (Å²) in [5.74, 6) is -0.262. The Morgan fingerprint density at radius 2 is 2.23 bits per heavy atom. The molecule has 0 fully saturated rings. The van der Waals surface area contributed by atoms with E-state index < -0.39 is 5.54 Å². The third-order valence-corrected chi connectivity index (χ3v) is 4.09. The van der Waals surface area contributed by atoms with Crippen LogP contribution in [0.1, 0.15) is 29.3 Å². The molecule has 1 atom stereocenters. The Labute approximate surface area is 128 Å². The number of aryl methyl sites for hydroxylation is 1. The molecule has 1 unspecified atom stereocenters. The largest absolute Gasteiger partial charge is 0.318 e. The number of hydrogen-bond acceptors (Lipinski definition) is 4. The summed E-state index contributed by atoms with van der Waals surface area (Å²) in [7, 11) is 0. The van der Waals surface area contributed by atoms with Crippen LogP contribution >= 0.6 is 0 Å². The van der Waals surface area contributed by atoms with E-state index in [-0.39, 0.29) is 11.5 Å². The van der Waals surface area contributed by atoms with E-state index >= 15 is 0 Å². The van der Waals surface area contributed by atoms with Crippen LogP contribution in [0.3, 0.4) is 0 Å². The Bertz CT molecular complexity index is 764. The molecule has 1 aromatic heterocycles. The van der Waals surface area contributed by atoms with Crippen LogP contribution in [-0.2, 0) is 5.54 Å². The Kier molecular flexibility index (Phi) is 3.30. The molecule has 0 bridgehead atoms. The number of halogens is 1. The molecule has 2 aromatic rings. The van der Waals surface area contributed by atoms with Crippen molar-refractivity contribution in [3.8, 4) is 0 Å². The smallest absolute Gasteiger partial charge is 0.128 e. The zero-order chi connectivity index (χ0) is 15.9. The van der Waals surface area contributed by atoms with Gasteiger partial charge in [0.2, 0.25) is 0 Å². The molecule has 5 heteroatoms. The summed E-state index contributed by atoms with van der Waals surface area (Å²) in [6.45, 7) is 7.40. The zero-order valence-corrected chi connectivity index (χ0v) is 12.5. The van der Waals surface area contributed by atoms with Gasteiger partial charge in [-0.05, 0) is 37.6 Å². The summed E-state index contributed by atoms with van der Waals surface area (Å²) >= 11 is 0. The third-order valence-electron chi connectivity index (χ3n) is 4.09. The number of allylic oxidation sites excluding steroid dienone is 1. The average Bonchev–Trinajstić information content (AvgIpc) is 2.84. The molecule has 0 saturated heterocycles. The first kappa shape index (κ1) is 14.4. The Balaban J connectivity index is 2.21. The minimum atomic E-state index is -0.732. The quantitative estimate of drug-likeness (QED) is 0.762. The van der Waals surface area contributed by atoms with Gasteiger partial charge in [0.05, 0.1) is 28.8 Å². The van der Waals surface area contributed by atoms with Gasteiger partial charge in [0.15, 0.2) is 0 Å². The lowest BCUT2D eigenvalue weighted by Crippen LogP contribution is -2.39. The molecule has 1 aliphatic rings. The van der Waals surface area contributed by atoms with Crippen molar-refractivity contribution in [2.75, 3.05) is 5.43 Å². The molecule has 1 aliphatic heterocycles. The predicted molar refractivity (Wildman–Crippen MR) is 85.6 cm³/mol. The van der Waals surface area contributed by atoms with Gasteiger partial charge >= 0.3 is 0 Å². The second-order valence-corrected chi connectivity index (χ2v) is 5.54. The van der Waals surface area contributed by atoms with Crippen LogP contribution in [0.5, 0.6) is 0 Å². The molecule has 3 rings (SSSR count). The van der Waals surface area contributed by atoms with Gasteiger partial charge in [0.25, 0.3) is 0 Å². The molecular weight excluding hydrogens is 279 g/mol. The molecule has 0 amide bonds. The van der Waals surface area contributed by atoms with Crippen molar-refractivity contribution in [1.82, 2.24) is 10.4 Å². The minimum Gasteiger partial charge on any atom is -0.318 e. The Morgan fingerprint density at radius 1 is 1.45 bits per heavy atom. The number of hydrogen-bond donors (Lipinski definition) is 3. The standard InChI is InChI=1S/C17H17FN4/c1-4-13(19)14-8-11-15(9-20-14)21-22-17(11,3)16-10(2)6-5-7-12(16)18/h4-9,19,21-22H,1H2,2-3H3. The van der Waals surface area contributed by atoms with Crippen molar-refractivity contribution < 1.29 is 4.39 Å². The lowest BCUT2D eigenvalue weighted by molar-refractivity contribution is 0.472. The topological polar surface area (TPSA) is 60.8 Å². The number of benzene rings is 1. The molecule has 2 heterocycles. The van der Waals surface area contributed by atoms with E-state index in [2.05, 4.69) is 22.4 Å². The first-order valence-corrected chi connectivity index (χ1v) is 6.98. The van der Waals surface area contributed by atoms with Gasteiger partial charge < -0.3 is 5.43 Å². The fraction of sp³-hybridized carbons (Fsp3) is 0.176. The van der Waals surface area contributed by atoms with E-state index in [1.807, 2.05) is 19.9 Å². The highest BCUT2D eigenvalue weighted by molar-refractivity contribution is 6.05. The maximum atomic E-state index is 14.4. The predicted octanol–water partition coefficient (Wildman–Crippen LogP) is 3.28. The highest BCUT2D eigenvalue weighted by atomic mass is 19.1. The maximum absolute atomic E-state index is 14.4. The highest BCUT2D eigenvalue weighted by Gasteiger charge is 2.39. The summed E-state index contributed by atoms with van der Waals surface area (Å²) in [4.78, 5) is 4.23. The highest BCUT2D eigenvalue weighted by Crippen LogP contribution is 2.40. The van der Waals surface area contributed by atoms with Crippen molar-refractivity contribution in [1.29, 1.82) is 5.41 Å². The average molecular weight is 296 g/mol. The summed E-state index contributed by atoms with van der Waals surface area (Å²) in [5, 5.41) is 7.86. The Hall–Kier alpha value is -2.53. The molecule has 112 valence electrons. The molecule has 1 aromatic carbocycles. The van der Waals surface area contributed by atoms with Crippen LogP contribution < -0.4 is 10.9 Å². The van der Waals surface area contributed by atoms with Crippen molar-refractivity contribution in [2.45, 2.75) is 19.4 Å². The van der Waals surface area contributed by atoms with Crippen molar-refractivity contribution in [3.05, 3.63) is 71.3 Å². The molecular formula is C17H17FN4. The van der Waals surface area contributed by atoms with E-state index in [0.717, 1.165) is 16.8 Å². The Morgan fingerprint density at radius 3 is 2.91 bits per heavy atom. The van der Waals surface area contributed by atoms with Crippen LogP contribution in [0, 0.1) is 18.2 Å². The summed E-state index contributed by atoms with van der Waals surface area (Å²) < 4.78 is 14.4. The van der Waals surface area contributed by atoms with Crippen LogP contribution in [0.2, 0.25) is 0 Å². The second kappa shape index (κ2) is 5.03. The van der Waals surface area contributed by atoms with Gasteiger partial charge in [0.1, 0.15) is 5.82 Å². The first-order valence-electron chi connectivity index (χ1n) is 6.98. The summed E-state index contributed by atoms with van der Waals surface area (Å²) in [6.07, 6.45) is 3.09. The van der Waals surface area contributed by atoms with Crippen LogP contribution in [-0.4, -0.2) is 10.7 Å². The van der Waals surface area contributed by atoms with Gasteiger partial charge in [-0.1, -0.05) is 18.7 Å². The summed E-state index contributed by atoms with van der Waals surface area (Å²) in [6, 6.07) is 6.85. The first-order chi connectivity index (χ1) is 10.5. The van der Waals surface area contributed by atoms with E-state index in [1.54, 1.807) is 18.3 Å². The number of rotatable bonds is 3. The molecule has 22 heavy (non-hydrogen) atoms. The SMILES string of the molecule is C=CC(=N)c1cc2c(cn1)NNC2(C)c1c(C)cccc1F. The number of anilines is 1. The second-order valence-electron chi connectivity index (χ2n) is 5.54. The zero-order valence-electron chi connectivity index (χ0n) is 12.5. The van der Waals surface area contributed by atoms with Crippen LogP contribution in [0.4, 0.5) is 10.1 Å². The van der Waals surface area contributed by atoms with E-state index in [1.165, 1.54) is 12.1 Å². The van der Waals surface area contributed by atoms with Gasteiger partial charge in [-0.25, -0.2) is 9.82 Å². The maximum Gasteiger partial charge on any atom is 0.128 e. The molecule has 3 N–H and O–H groups in total. The van der Waals surface area contributed by atoms with Gasteiger partial charge in [0, 0.05) is 11.1 Å². The summed E-state index contributed by atoms with van der Waals surface area (Å²) in [5.41, 5.74) is 9.32. The molecule has 0 aliphatic carbocycles. The number of aromatic nitrogens is 1. The normalized spacial score (nSPS) is 19.4. The van der Waals surface area contributed by atoms with Gasteiger partial charge in [-0.15, -0.1) is 0 Å². The van der Waals surface area contributed by atoms with Gasteiger partial charge in [-0.2, -0.15) is 0 Å². The van der Waals surface area contributed by atoms with E-state index in [9.17, 15) is 4.39 Å². The van der Waals surface area contributed by atoms with Crippen molar-refractivity contribution in [3.63, 3.8) is 0 Å². The number of hydrazine groups is 1. The van der Waals surface area contributed by atoms with Gasteiger partial charge in [-0.3, -0.25) is 10.4 Å².